The molecule has 1 unspecified atom stereocenters. The Bertz CT molecular complexity index is 578. The SMILES string of the molecule is Cc1ccc(C(C)(O)c2ccccc2Br)cc1F. The predicted molar refractivity (Wildman–Crippen MR) is 74.0 cm³/mol. The van der Waals surface area contributed by atoms with Crippen LogP contribution in [-0.4, -0.2) is 5.11 Å². The maximum Gasteiger partial charge on any atom is 0.126 e. The first-order chi connectivity index (χ1) is 8.43. The van der Waals surface area contributed by atoms with Gasteiger partial charge in [-0.25, -0.2) is 4.39 Å². The van der Waals surface area contributed by atoms with Gasteiger partial charge in [0, 0.05) is 10.0 Å². The summed E-state index contributed by atoms with van der Waals surface area (Å²) in [7, 11) is 0. The molecule has 0 heterocycles. The van der Waals surface area contributed by atoms with Gasteiger partial charge in [0.1, 0.15) is 11.4 Å². The Morgan fingerprint density at radius 1 is 1.17 bits per heavy atom. The van der Waals surface area contributed by atoms with Gasteiger partial charge in [-0.05, 0) is 37.1 Å². The highest BCUT2D eigenvalue weighted by atomic mass is 79.9. The normalized spacial score (nSPS) is 14.3. The number of halogens is 2. The maximum atomic E-state index is 13.6. The van der Waals surface area contributed by atoms with Crippen LogP contribution in [0.15, 0.2) is 46.9 Å². The summed E-state index contributed by atoms with van der Waals surface area (Å²) in [6.07, 6.45) is 0. The van der Waals surface area contributed by atoms with Gasteiger partial charge in [-0.15, -0.1) is 0 Å². The van der Waals surface area contributed by atoms with Gasteiger partial charge in [-0.2, -0.15) is 0 Å². The van der Waals surface area contributed by atoms with Crippen LogP contribution in [0.3, 0.4) is 0 Å². The molecule has 1 nitrogen and oxygen atoms in total. The van der Waals surface area contributed by atoms with Crippen molar-refractivity contribution in [3.63, 3.8) is 0 Å². The van der Waals surface area contributed by atoms with E-state index in [0.29, 0.717) is 16.7 Å². The smallest absolute Gasteiger partial charge is 0.126 e. The Labute approximate surface area is 114 Å². The Morgan fingerprint density at radius 3 is 2.44 bits per heavy atom. The number of aliphatic hydroxyl groups is 1. The molecule has 0 saturated heterocycles. The van der Waals surface area contributed by atoms with Gasteiger partial charge in [-0.1, -0.05) is 46.3 Å². The van der Waals surface area contributed by atoms with Gasteiger partial charge in [0.25, 0.3) is 0 Å². The largest absolute Gasteiger partial charge is 0.381 e. The second-order valence-electron chi connectivity index (χ2n) is 4.52. The third-order valence-corrected chi connectivity index (χ3v) is 3.82. The number of aryl methyl sites for hydroxylation is 1. The molecule has 0 radical (unpaired) electrons. The van der Waals surface area contributed by atoms with Gasteiger partial charge in [0.15, 0.2) is 0 Å². The lowest BCUT2D eigenvalue weighted by molar-refractivity contribution is 0.101. The highest BCUT2D eigenvalue weighted by molar-refractivity contribution is 9.10. The summed E-state index contributed by atoms with van der Waals surface area (Å²) < 4.78 is 14.4. The topological polar surface area (TPSA) is 20.2 Å². The van der Waals surface area contributed by atoms with Crippen LogP contribution in [0, 0.1) is 12.7 Å². The van der Waals surface area contributed by atoms with Crippen molar-refractivity contribution in [2.45, 2.75) is 19.4 Å². The molecule has 0 fully saturated rings. The molecule has 2 aromatic rings. The van der Waals surface area contributed by atoms with E-state index >= 15 is 0 Å². The number of benzene rings is 2. The summed E-state index contributed by atoms with van der Waals surface area (Å²) in [6, 6.07) is 12.2. The van der Waals surface area contributed by atoms with Crippen molar-refractivity contribution in [3.05, 3.63) is 69.4 Å². The summed E-state index contributed by atoms with van der Waals surface area (Å²) >= 11 is 3.41. The zero-order valence-corrected chi connectivity index (χ0v) is 11.8. The molecule has 0 saturated carbocycles. The van der Waals surface area contributed by atoms with E-state index in [9.17, 15) is 9.50 Å². The van der Waals surface area contributed by atoms with Crippen LogP contribution < -0.4 is 0 Å². The second kappa shape index (κ2) is 4.82. The zero-order valence-electron chi connectivity index (χ0n) is 10.2. The maximum absolute atomic E-state index is 13.6. The van der Waals surface area contributed by atoms with Crippen molar-refractivity contribution in [3.8, 4) is 0 Å². The van der Waals surface area contributed by atoms with Crippen molar-refractivity contribution < 1.29 is 9.50 Å². The first-order valence-corrected chi connectivity index (χ1v) is 6.46. The molecule has 0 aliphatic heterocycles. The van der Waals surface area contributed by atoms with Gasteiger partial charge in [0.2, 0.25) is 0 Å². The molecular weight excluding hydrogens is 295 g/mol. The van der Waals surface area contributed by atoms with Gasteiger partial charge >= 0.3 is 0 Å². The predicted octanol–water partition coefficient (Wildman–Crippen LogP) is 4.15. The monoisotopic (exact) mass is 308 g/mol. The third kappa shape index (κ3) is 2.33. The van der Waals surface area contributed by atoms with E-state index < -0.39 is 5.60 Å². The minimum atomic E-state index is -1.23. The molecular formula is C15H14BrFO. The Morgan fingerprint density at radius 2 is 1.83 bits per heavy atom. The average Bonchev–Trinajstić information content (AvgIpc) is 2.33. The fourth-order valence-electron chi connectivity index (χ4n) is 1.91. The molecule has 0 amide bonds. The van der Waals surface area contributed by atoms with Crippen LogP contribution in [0.4, 0.5) is 4.39 Å². The van der Waals surface area contributed by atoms with Crippen LogP contribution in [0.25, 0.3) is 0 Å². The summed E-state index contributed by atoms with van der Waals surface area (Å²) in [5.74, 6) is -0.306. The molecule has 0 aliphatic rings. The van der Waals surface area contributed by atoms with E-state index in [1.165, 1.54) is 6.07 Å². The van der Waals surface area contributed by atoms with Crippen molar-refractivity contribution >= 4 is 15.9 Å². The first-order valence-electron chi connectivity index (χ1n) is 5.67. The van der Waals surface area contributed by atoms with Crippen molar-refractivity contribution in [2.75, 3.05) is 0 Å². The lowest BCUT2D eigenvalue weighted by Crippen LogP contribution is -2.23. The molecule has 1 N–H and O–H groups in total. The van der Waals surface area contributed by atoms with Crippen molar-refractivity contribution in [1.82, 2.24) is 0 Å². The second-order valence-corrected chi connectivity index (χ2v) is 5.37. The summed E-state index contributed by atoms with van der Waals surface area (Å²) in [6.45, 7) is 3.36. The number of hydrogen-bond donors (Lipinski definition) is 1. The Kier molecular flexibility index (Phi) is 3.55. The lowest BCUT2D eigenvalue weighted by Gasteiger charge is -2.26. The molecule has 0 spiro atoms. The minimum absolute atomic E-state index is 0.306. The Balaban J connectivity index is 2.54. The van der Waals surface area contributed by atoms with Crippen LogP contribution in [0.2, 0.25) is 0 Å². The van der Waals surface area contributed by atoms with Gasteiger partial charge in [-0.3, -0.25) is 0 Å². The minimum Gasteiger partial charge on any atom is -0.381 e. The molecule has 1 atom stereocenters. The van der Waals surface area contributed by atoms with Crippen molar-refractivity contribution in [1.29, 1.82) is 0 Å². The quantitative estimate of drug-likeness (QED) is 0.883. The molecule has 0 bridgehead atoms. The number of rotatable bonds is 2. The fraction of sp³-hybridized carbons (Fsp3) is 0.200. The van der Waals surface area contributed by atoms with Gasteiger partial charge < -0.3 is 5.11 Å². The van der Waals surface area contributed by atoms with Gasteiger partial charge in [0.05, 0.1) is 0 Å². The van der Waals surface area contributed by atoms with Crippen LogP contribution in [0.1, 0.15) is 23.6 Å². The highest BCUT2D eigenvalue weighted by Crippen LogP contribution is 2.34. The molecule has 94 valence electrons. The summed E-state index contributed by atoms with van der Waals surface area (Å²) in [4.78, 5) is 0. The van der Waals surface area contributed by atoms with Crippen LogP contribution in [-0.2, 0) is 5.60 Å². The van der Waals surface area contributed by atoms with E-state index in [1.807, 2.05) is 24.3 Å². The first kappa shape index (κ1) is 13.2. The van der Waals surface area contributed by atoms with E-state index in [2.05, 4.69) is 15.9 Å². The number of hydrogen-bond acceptors (Lipinski definition) is 1. The van der Waals surface area contributed by atoms with E-state index in [4.69, 9.17) is 0 Å². The molecule has 3 heteroatoms. The zero-order chi connectivity index (χ0) is 13.3. The average molecular weight is 309 g/mol. The standard InChI is InChI=1S/C15H14BrFO/c1-10-7-8-11(9-14(10)17)15(2,18)12-5-3-4-6-13(12)16/h3-9,18H,1-2H3. The molecule has 0 aliphatic carbocycles. The lowest BCUT2D eigenvalue weighted by atomic mass is 9.88. The van der Waals surface area contributed by atoms with E-state index in [0.717, 1.165) is 4.47 Å². The molecule has 18 heavy (non-hydrogen) atoms. The van der Waals surface area contributed by atoms with E-state index in [-0.39, 0.29) is 5.82 Å². The summed E-state index contributed by atoms with van der Waals surface area (Å²) in [5.41, 5.74) is 0.599. The third-order valence-electron chi connectivity index (χ3n) is 3.13. The molecule has 0 aromatic heterocycles. The fourth-order valence-corrected chi connectivity index (χ4v) is 2.58. The highest BCUT2D eigenvalue weighted by Gasteiger charge is 2.28. The van der Waals surface area contributed by atoms with Crippen molar-refractivity contribution in [2.24, 2.45) is 0 Å². The van der Waals surface area contributed by atoms with Crippen LogP contribution in [0.5, 0.6) is 0 Å². The molecule has 2 aromatic carbocycles. The molecule has 2 rings (SSSR count). The van der Waals surface area contributed by atoms with E-state index in [1.54, 1.807) is 26.0 Å². The summed E-state index contributed by atoms with van der Waals surface area (Å²) in [5, 5.41) is 10.7. The van der Waals surface area contributed by atoms with Crippen LogP contribution >= 0.6 is 15.9 Å². The Hall–Kier alpha value is -1.19.